The lowest BCUT2D eigenvalue weighted by Gasteiger charge is -2.14. The first kappa shape index (κ1) is 37.1. The summed E-state index contributed by atoms with van der Waals surface area (Å²) in [7, 11) is 0. The van der Waals surface area contributed by atoms with Gasteiger partial charge >= 0.3 is 23.9 Å². The first-order valence-corrected chi connectivity index (χ1v) is 14.9. The Balaban J connectivity index is 0.000000244. The third-order valence-corrected chi connectivity index (χ3v) is 7.06. The molecule has 3 fully saturated rings. The van der Waals surface area contributed by atoms with Crippen molar-refractivity contribution in [2.75, 3.05) is 0 Å². The number of hydroxylamine groups is 6. The number of carbonyl (C=O) groups excluding carboxylic acids is 8. The molecular formula is C28H21Br2N3O15. The predicted molar refractivity (Wildman–Crippen MR) is 158 cm³/mol. The fourth-order valence-corrected chi connectivity index (χ4v) is 4.80. The van der Waals surface area contributed by atoms with Gasteiger partial charge in [0, 0.05) is 47.5 Å². The Morgan fingerprint density at radius 3 is 1.04 bits per heavy atom. The number of halogens is 2. The summed E-state index contributed by atoms with van der Waals surface area (Å²) in [5.41, 5.74) is -0.399. The number of benzene rings is 2. The second kappa shape index (κ2) is 16.0. The highest BCUT2D eigenvalue weighted by molar-refractivity contribution is 9.10. The fraction of sp³-hybridized carbons (Fsp3) is 0.214. The molecule has 5 rings (SSSR count). The molecule has 20 heteroatoms. The number of aromatic carboxylic acids is 2. The van der Waals surface area contributed by atoms with Gasteiger partial charge in [-0.15, -0.1) is 10.1 Å². The van der Waals surface area contributed by atoms with E-state index in [0.29, 0.717) is 19.1 Å². The Kier molecular flexibility index (Phi) is 12.4. The minimum absolute atomic E-state index is 0.0493. The summed E-state index contributed by atoms with van der Waals surface area (Å²) in [5.74, 6) is -7.96. The van der Waals surface area contributed by atoms with E-state index >= 15 is 0 Å². The zero-order valence-electron chi connectivity index (χ0n) is 24.0. The first-order chi connectivity index (χ1) is 22.5. The molecule has 0 aromatic heterocycles. The van der Waals surface area contributed by atoms with Crippen LogP contribution in [0.3, 0.4) is 0 Å². The standard InChI is InChI=1S/C16H11BrN2O8.C8H5BrO4.C4H5NO3/c17-10-6-8(15(24)26-18-11(20)1-2-12(18)21)5-9(7-10)16(25)27-19-13(22)3-4-14(19)23;9-6-2-4(7(10)11)1-5(3-6)8(12)13;6-3-1-2-4(7)5(3)8/h5-7H,1-4H2;1-3H,(H,10,11)(H,12,13);8H,1-2H2. The molecule has 0 aliphatic carbocycles. The van der Waals surface area contributed by atoms with E-state index in [2.05, 4.69) is 31.9 Å². The largest absolute Gasteiger partial charge is 0.478 e. The number of carboxylic acids is 2. The summed E-state index contributed by atoms with van der Waals surface area (Å²) in [6.45, 7) is 0. The van der Waals surface area contributed by atoms with Crippen molar-refractivity contribution in [1.82, 2.24) is 15.2 Å². The summed E-state index contributed by atoms with van der Waals surface area (Å²) >= 11 is 6.13. The third kappa shape index (κ3) is 9.59. The molecule has 0 radical (unpaired) electrons. The lowest BCUT2D eigenvalue weighted by atomic mass is 10.1. The van der Waals surface area contributed by atoms with Gasteiger partial charge in [0.2, 0.25) is 0 Å². The summed E-state index contributed by atoms with van der Waals surface area (Å²) < 4.78 is 0.729. The van der Waals surface area contributed by atoms with Crippen LogP contribution in [0, 0.1) is 0 Å². The fourth-order valence-electron chi connectivity index (χ4n) is 3.81. The molecular weight excluding hydrogens is 778 g/mol. The third-order valence-electron chi connectivity index (χ3n) is 6.15. The van der Waals surface area contributed by atoms with E-state index in [4.69, 9.17) is 25.1 Å². The molecule has 6 amide bonds. The second-order valence-electron chi connectivity index (χ2n) is 9.59. The minimum Gasteiger partial charge on any atom is -0.478 e. The van der Waals surface area contributed by atoms with E-state index in [9.17, 15) is 47.9 Å². The number of carbonyl (C=O) groups is 10. The van der Waals surface area contributed by atoms with Gasteiger partial charge in [0.05, 0.1) is 22.3 Å². The quantitative estimate of drug-likeness (QED) is 0.280. The van der Waals surface area contributed by atoms with Gasteiger partial charge in [0.1, 0.15) is 0 Å². The molecule has 3 aliphatic rings. The molecule has 18 nitrogen and oxygen atoms in total. The van der Waals surface area contributed by atoms with Gasteiger partial charge in [-0.05, 0) is 36.4 Å². The van der Waals surface area contributed by atoms with Gasteiger partial charge in [0.15, 0.2) is 0 Å². The average Bonchev–Trinajstić information content (AvgIpc) is 3.63. The summed E-state index contributed by atoms with van der Waals surface area (Å²) in [5, 5.41) is 26.5. The molecule has 252 valence electrons. The molecule has 2 aromatic carbocycles. The Morgan fingerprint density at radius 1 is 0.500 bits per heavy atom. The van der Waals surface area contributed by atoms with Crippen LogP contribution in [0.1, 0.15) is 80.0 Å². The van der Waals surface area contributed by atoms with Gasteiger partial charge in [-0.1, -0.05) is 31.9 Å². The number of imide groups is 3. The van der Waals surface area contributed by atoms with Crippen LogP contribution in [0.2, 0.25) is 0 Å². The molecule has 0 spiro atoms. The normalized spacial score (nSPS) is 15.5. The highest BCUT2D eigenvalue weighted by Crippen LogP contribution is 2.21. The van der Waals surface area contributed by atoms with E-state index in [1.165, 1.54) is 24.3 Å². The summed E-state index contributed by atoms with van der Waals surface area (Å²) in [4.78, 5) is 122. The Hall–Kier alpha value is -5.34. The van der Waals surface area contributed by atoms with Crippen LogP contribution in [-0.2, 0) is 38.4 Å². The summed E-state index contributed by atoms with van der Waals surface area (Å²) in [6.07, 6.45) is 0.0743. The number of nitrogens with zero attached hydrogens (tertiary/aromatic N) is 3. The van der Waals surface area contributed by atoms with Gasteiger partial charge < -0.3 is 19.9 Å². The van der Waals surface area contributed by atoms with Crippen LogP contribution >= 0.6 is 31.9 Å². The smallest absolute Gasteiger partial charge is 0.363 e. The van der Waals surface area contributed by atoms with Crippen LogP contribution in [-0.4, -0.2) is 89.9 Å². The minimum atomic E-state index is -1.15. The molecule has 0 unspecified atom stereocenters. The van der Waals surface area contributed by atoms with Gasteiger partial charge in [-0.3, -0.25) is 34.0 Å². The molecule has 3 aliphatic heterocycles. The average molecular weight is 799 g/mol. The second-order valence-corrected chi connectivity index (χ2v) is 11.4. The van der Waals surface area contributed by atoms with Crippen LogP contribution in [0.25, 0.3) is 0 Å². The van der Waals surface area contributed by atoms with E-state index < -0.39 is 59.3 Å². The van der Waals surface area contributed by atoms with E-state index in [1.807, 2.05) is 0 Å². The highest BCUT2D eigenvalue weighted by Gasteiger charge is 2.35. The SMILES string of the molecule is O=C(O)c1cc(Br)cc(C(=O)O)c1.O=C(ON1C(=O)CCC1=O)c1cc(Br)cc(C(=O)ON2C(=O)CCC2=O)c1.O=C1CCC(=O)N1O. The Morgan fingerprint density at radius 2 is 0.771 bits per heavy atom. The maximum absolute atomic E-state index is 12.2. The van der Waals surface area contributed by atoms with Crippen molar-refractivity contribution in [2.24, 2.45) is 0 Å². The van der Waals surface area contributed by atoms with Crippen molar-refractivity contribution in [3.8, 4) is 0 Å². The zero-order valence-corrected chi connectivity index (χ0v) is 27.2. The Bertz CT molecular complexity index is 1610. The van der Waals surface area contributed by atoms with Gasteiger partial charge in [-0.25, -0.2) is 19.2 Å². The van der Waals surface area contributed by atoms with Crippen LogP contribution in [0.5, 0.6) is 0 Å². The first-order valence-electron chi connectivity index (χ1n) is 13.3. The molecule has 48 heavy (non-hydrogen) atoms. The van der Waals surface area contributed by atoms with Crippen molar-refractivity contribution in [3.63, 3.8) is 0 Å². The molecule has 0 atom stereocenters. The number of rotatable bonds is 6. The van der Waals surface area contributed by atoms with Gasteiger partial charge in [0.25, 0.3) is 35.4 Å². The van der Waals surface area contributed by atoms with Gasteiger partial charge in [-0.2, -0.15) is 5.06 Å². The maximum atomic E-state index is 12.2. The lowest BCUT2D eigenvalue weighted by Crippen LogP contribution is -2.32. The number of hydrogen-bond donors (Lipinski definition) is 3. The highest BCUT2D eigenvalue weighted by atomic mass is 79.9. The topological polar surface area (TPSA) is 260 Å². The zero-order chi connectivity index (χ0) is 35.9. The monoisotopic (exact) mass is 797 g/mol. The predicted octanol–water partition coefficient (Wildman–Crippen LogP) is 2.26. The van der Waals surface area contributed by atoms with E-state index in [-0.39, 0.29) is 65.8 Å². The van der Waals surface area contributed by atoms with E-state index in [0.717, 1.165) is 12.1 Å². The Labute approximate surface area is 284 Å². The van der Waals surface area contributed by atoms with Crippen LogP contribution in [0.15, 0.2) is 45.3 Å². The van der Waals surface area contributed by atoms with Crippen LogP contribution in [0.4, 0.5) is 0 Å². The number of amides is 6. The molecule has 3 N–H and O–H groups in total. The number of carboxylic acid groups (broad SMARTS) is 2. The molecule has 0 saturated carbocycles. The van der Waals surface area contributed by atoms with Crippen molar-refractivity contribution >= 4 is 91.2 Å². The molecule has 2 aromatic rings. The van der Waals surface area contributed by atoms with Crippen molar-refractivity contribution < 1.29 is 73.0 Å². The van der Waals surface area contributed by atoms with Crippen LogP contribution < -0.4 is 0 Å². The molecule has 3 saturated heterocycles. The van der Waals surface area contributed by atoms with Crippen molar-refractivity contribution in [1.29, 1.82) is 0 Å². The maximum Gasteiger partial charge on any atom is 0.363 e. The van der Waals surface area contributed by atoms with Crippen molar-refractivity contribution in [3.05, 3.63) is 67.6 Å². The summed E-state index contributed by atoms with van der Waals surface area (Å²) in [6, 6.07) is 7.48. The molecule has 0 bridgehead atoms. The molecule has 3 heterocycles. The van der Waals surface area contributed by atoms with Crippen molar-refractivity contribution in [2.45, 2.75) is 38.5 Å². The number of hydrogen-bond acceptors (Lipinski definition) is 13. The van der Waals surface area contributed by atoms with E-state index in [1.54, 1.807) is 0 Å². The lowest BCUT2D eigenvalue weighted by molar-refractivity contribution is -0.173.